The molecule has 1 aliphatic carbocycles. The molecule has 5 heteroatoms. The fourth-order valence-corrected chi connectivity index (χ4v) is 2.36. The molecule has 0 aliphatic heterocycles. The summed E-state index contributed by atoms with van der Waals surface area (Å²) in [7, 11) is 0. The molecule has 1 aliphatic rings. The smallest absolute Gasteiger partial charge is 0.265 e. The van der Waals surface area contributed by atoms with E-state index in [1.54, 1.807) is 12.1 Å². The fourth-order valence-electron chi connectivity index (χ4n) is 1.85. The summed E-state index contributed by atoms with van der Waals surface area (Å²) in [5.74, 6) is 0.562. The van der Waals surface area contributed by atoms with Crippen molar-refractivity contribution in [3.8, 4) is 11.4 Å². The summed E-state index contributed by atoms with van der Waals surface area (Å²) in [6, 6.07) is 5.93. The molecule has 1 N–H and O–H groups in total. The molecule has 0 radical (unpaired) electrons. The van der Waals surface area contributed by atoms with Crippen molar-refractivity contribution in [3.05, 3.63) is 50.6 Å². The van der Waals surface area contributed by atoms with E-state index in [2.05, 4.69) is 25.9 Å². The second-order valence-electron chi connectivity index (χ2n) is 4.39. The van der Waals surface area contributed by atoms with Gasteiger partial charge in [0, 0.05) is 11.5 Å². The van der Waals surface area contributed by atoms with Gasteiger partial charge in [0.15, 0.2) is 0 Å². The number of hydrogen-bond acceptors (Lipinski definition) is 2. The molecule has 1 saturated carbocycles. The molecule has 2 aromatic rings. The number of aromatic amines is 1. The van der Waals surface area contributed by atoms with Crippen molar-refractivity contribution in [3.63, 3.8) is 0 Å². The number of halogens is 2. The van der Waals surface area contributed by atoms with Crippen molar-refractivity contribution in [1.82, 2.24) is 9.97 Å². The Hall–Kier alpha value is -1.49. The largest absolute Gasteiger partial charge is 0.306 e. The van der Waals surface area contributed by atoms with E-state index in [9.17, 15) is 9.18 Å². The van der Waals surface area contributed by atoms with Gasteiger partial charge < -0.3 is 4.98 Å². The molecule has 0 saturated heterocycles. The third-order valence-corrected chi connectivity index (χ3v) is 3.74. The highest BCUT2D eigenvalue weighted by Crippen LogP contribution is 2.41. The number of nitrogens with one attached hydrogen (secondary N) is 1. The molecule has 18 heavy (non-hydrogen) atoms. The van der Waals surface area contributed by atoms with Crippen molar-refractivity contribution in [2.75, 3.05) is 0 Å². The average Bonchev–Trinajstić information content (AvgIpc) is 3.18. The quantitative estimate of drug-likeness (QED) is 0.926. The third-order valence-electron chi connectivity index (χ3n) is 2.97. The number of hydrogen-bond donors (Lipinski definition) is 1. The molecule has 0 amide bonds. The van der Waals surface area contributed by atoms with Crippen LogP contribution in [0.1, 0.15) is 24.5 Å². The average molecular weight is 309 g/mol. The van der Waals surface area contributed by atoms with Crippen LogP contribution in [0, 0.1) is 5.82 Å². The maximum Gasteiger partial charge on any atom is 0.265 e. The molecular formula is C13H10BrFN2O. The van der Waals surface area contributed by atoms with E-state index in [0.29, 0.717) is 21.8 Å². The minimum Gasteiger partial charge on any atom is -0.306 e. The SMILES string of the molecule is O=c1[nH]c(-c2ccc(F)cc2)nc(C2CC2)c1Br. The van der Waals surface area contributed by atoms with Crippen LogP contribution >= 0.6 is 15.9 Å². The van der Waals surface area contributed by atoms with Crippen LogP contribution in [-0.4, -0.2) is 9.97 Å². The van der Waals surface area contributed by atoms with Crippen LogP contribution in [0.5, 0.6) is 0 Å². The van der Waals surface area contributed by atoms with E-state index in [1.807, 2.05) is 0 Å². The van der Waals surface area contributed by atoms with E-state index in [4.69, 9.17) is 0 Å². The van der Waals surface area contributed by atoms with Crippen LogP contribution in [0.4, 0.5) is 4.39 Å². The molecule has 0 spiro atoms. The molecular weight excluding hydrogens is 299 g/mol. The van der Waals surface area contributed by atoms with Gasteiger partial charge in [0.05, 0.1) is 5.69 Å². The fraction of sp³-hybridized carbons (Fsp3) is 0.231. The molecule has 3 nitrogen and oxygen atoms in total. The zero-order valence-corrected chi connectivity index (χ0v) is 11.0. The van der Waals surface area contributed by atoms with Crippen LogP contribution < -0.4 is 5.56 Å². The van der Waals surface area contributed by atoms with Crippen molar-refractivity contribution in [2.45, 2.75) is 18.8 Å². The summed E-state index contributed by atoms with van der Waals surface area (Å²) < 4.78 is 13.4. The molecule has 92 valence electrons. The second-order valence-corrected chi connectivity index (χ2v) is 5.19. The Bertz CT molecular complexity index is 647. The van der Waals surface area contributed by atoms with Gasteiger partial charge in [-0.05, 0) is 53.0 Å². The van der Waals surface area contributed by atoms with Crippen LogP contribution in [0.15, 0.2) is 33.5 Å². The molecule has 1 aromatic carbocycles. The van der Waals surface area contributed by atoms with Crippen molar-refractivity contribution in [1.29, 1.82) is 0 Å². The van der Waals surface area contributed by atoms with Gasteiger partial charge in [-0.15, -0.1) is 0 Å². The minimum atomic E-state index is -0.305. The number of rotatable bonds is 2. The highest BCUT2D eigenvalue weighted by Gasteiger charge is 2.29. The van der Waals surface area contributed by atoms with Crippen molar-refractivity contribution >= 4 is 15.9 Å². The second kappa shape index (κ2) is 4.31. The third kappa shape index (κ3) is 2.10. The summed E-state index contributed by atoms with van der Waals surface area (Å²) >= 11 is 3.27. The lowest BCUT2D eigenvalue weighted by atomic mass is 10.2. The van der Waals surface area contributed by atoms with Crippen LogP contribution in [0.3, 0.4) is 0 Å². The zero-order valence-electron chi connectivity index (χ0n) is 9.41. The molecule has 0 atom stereocenters. The van der Waals surface area contributed by atoms with E-state index < -0.39 is 0 Å². The zero-order chi connectivity index (χ0) is 12.7. The molecule has 3 rings (SSSR count). The summed E-state index contributed by atoms with van der Waals surface area (Å²) in [5, 5.41) is 0. The maximum atomic E-state index is 12.9. The van der Waals surface area contributed by atoms with E-state index >= 15 is 0 Å². The number of benzene rings is 1. The number of aromatic nitrogens is 2. The molecule has 1 aromatic heterocycles. The maximum absolute atomic E-state index is 12.9. The predicted molar refractivity (Wildman–Crippen MR) is 69.9 cm³/mol. The van der Waals surface area contributed by atoms with Crippen LogP contribution in [0.25, 0.3) is 11.4 Å². The monoisotopic (exact) mass is 308 g/mol. The van der Waals surface area contributed by atoms with Gasteiger partial charge in [0.1, 0.15) is 16.1 Å². The topological polar surface area (TPSA) is 45.8 Å². The summed E-state index contributed by atoms with van der Waals surface area (Å²) in [4.78, 5) is 19.0. The highest BCUT2D eigenvalue weighted by molar-refractivity contribution is 9.10. The van der Waals surface area contributed by atoms with Crippen molar-refractivity contribution in [2.24, 2.45) is 0 Å². The van der Waals surface area contributed by atoms with Gasteiger partial charge in [-0.2, -0.15) is 0 Å². The van der Waals surface area contributed by atoms with E-state index in [-0.39, 0.29) is 11.4 Å². The Morgan fingerprint density at radius 1 is 1.28 bits per heavy atom. The molecule has 1 heterocycles. The number of H-pyrrole nitrogens is 1. The van der Waals surface area contributed by atoms with Crippen molar-refractivity contribution < 1.29 is 4.39 Å². The van der Waals surface area contributed by atoms with Gasteiger partial charge in [-0.25, -0.2) is 9.37 Å². The standard InChI is InChI=1S/C13H10BrFN2O/c14-10-11(7-1-2-7)16-12(17-13(10)18)8-3-5-9(15)6-4-8/h3-7H,1-2H2,(H,16,17,18). The lowest BCUT2D eigenvalue weighted by Gasteiger charge is -2.05. The van der Waals surface area contributed by atoms with Gasteiger partial charge in [0.2, 0.25) is 0 Å². The first kappa shape index (κ1) is 11.6. The van der Waals surface area contributed by atoms with E-state index in [0.717, 1.165) is 18.5 Å². The van der Waals surface area contributed by atoms with Gasteiger partial charge in [0.25, 0.3) is 5.56 Å². The summed E-state index contributed by atoms with van der Waals surface area (Å²) in [6.07, 6.45) is 2.13. The van der Waals surface area contributed by atoms with Gasteiger partial charge >= 0.3 is 0 Å². The van der Waals surface area contributed by atoms with Crippen LogP contribution in [-0.2, 0) is 0 Å². The Labute approximate surface area is 111 Å². The highest BCUT2D eigenvalue weighted by atomic mass is 79.9. The summed E-state index contributed by atoms with van der Waals surface area (Å²) in [5.41, 5.74) is 1.33. The van der Waals surface area contributed by atoms with E-state index in [1.165, 1.54) is 12.1 Å². The minimum absolute atomic E-state index is 0.189. The van der Waals surface area contributed by atoms with Crippen LogP contribution in [0.2, 0.25) is 0 Å². The first-order valence-corrected chi connectivity index (χ1v) is 6.50. The Morgan fingerprint density at radius 2 is 1.94 bits per heavy atom. The summed E-state index contributed by atoms with van der Waals surface area (Å²) in [6.45, 7) is 0. The molecule has 1 fully saturated rings. The Morgan fingerprint density at radius 3 is 2.56 bits per heavy atom. The lowest BCUT2D eigenvalue weighted by Crippen LogP contribution is -2.13. The first-order valence-electron chi connectivity index (χ1n) is 5.71. The molecule has 0 unspecified atom stereocenters. The number of nitrogens with zero attached hydrogens (tertiary/aromatic N) is 1. The first-order chi connectivity index (χ1) is 8.65. The Kier molecular flexibility index (Phi) is 2.78. The Balaban J connectivity index is 2.12. The molecule has 0 bridgehead atoms. The normalized spacial score (nSPS) is 14.8. The predicted octanol–water partition coefficient (Wildman–Crippen LogP) is 3.22. The van der Waals surface area contributed by atoms with Gasteiger partial charge in [-0.3, -0.25) is 4.79 Å². The lowest BCUT2D eigenvalue weighted by molar-refractivity contribution is 0.628. The van der Waals surface area contributed by atoms with Gasteiger partial charge in [-0.1, -0.05) is 0 Å².